The summed E-state index contributed by atoms with van der Waals surface area (Å²) in [6, 6.07) is 14.2. The van der Waals surface area contributed by atoms with Crippen LogP contribution in [-0.2, 0) is 14.3 Å². The Labute approximate surface area is 231 Å². The van der Waals surface area contributed by atoms with Crippen molar-refractivity contribution in [3.05, 3.63) is 81.5 Å². The number of nitrogens with one attached hydrogen (secondary N) is 1. The highest BCUT2D eigenvalue weighted by atomic mass is 32.2. The van der Waals surface area contributed by atoms with Gasteiger partial charge in [-0.05, 0) is 74.3 Å². The number of carbonyl (C=O) groups is 4. The van der Waals surface area contributed by atoms with Crippen LogP contribution in [0.5, 0.6) is 0 Å². The molecule has 0 saturated carbocycles. The molecule has 202 valence electrons. The molecule has 1 saturated heterocycles. The zero-order chi connectivity index (χ0) is 28.1. The van der Waals surface area contributed by atoms with Crippen LogP contribution >= 0.6 is 11.8 Å². The third-order valence-corrected chi connectivity index (χ3v) is 7.06. The first-order valence-electron chi connectivity index (χ1n) is 12.7. The molecule has 1 aliphatic rings. The van der Waals surface area contributed by atoms with Crippen LogP contribution in [0.4, 0.5) is 10.5 Å². The fourth-order valence-corrected chi connectivity index (χ4v) is 5.03. The van der Waals surface area contributed by atoms with Crippen LogP contribution in [0.15, 0.2) is 57.9 Å². The molecule has 1 aromatic heterocycles. The highest BCUT2D eigenvalue weighted by molar-refractivity contribution is 8.18. The number of unbranched alkanes of at least 4 members (excludes halogenated alkanes) is 1. The van der Waals surface area contributed by atoms with Gasteiger partial charge in [-0.2, -0.15) is 0 Å². The van der Waals surface area contributed by atoms with Gasteiger partial charge in [0.25, 0.3) is 11.1 Å². The lowest BCUT2D eigenvalue weighted by Crippen LogP contribution is -2.36. The maximum atomic E-state index is 12.9. The summed E-state index contributed by atoms with van der Waals surface area (Å²) in [5.74, 6) is -0.458. The first kappa shape index (κ1) is 27.9. The zero-order valence-corrected chi connectivity index (χ0v) is 23.1. The number of aryl methyl sites for hydroxylation is 3. The summed E-state index contributed by atoms with van der Waals surface area (Å²) >= 11 is 0.759. The van der Waals surface area contributed by atoms with Crippen molar-refractivity contribution in [2.45, 2.75) is 40.5 Å². The highest BCUT2D eigenvalue weighted by Crippen LogP contribution is 2.33. The molecular formula is C30H30N2O6S. The van der Waals surface area contributed by atoms with E-state index in [0.717, 1.165) is 51.8 Å². The van der Waals surface area contributed by atoms with Crippen molar-refractivity contribution in [1.29, 1.82) is 0 Å². The minimum Gasteiger partial charge on any atom is -0.462 e. The third kappa shape index (κ3) is 6.67. The van der Waals surface area contributed by atoms with E-state index in [1.165, 1.54) is 6.08 Å². The normalized spacial score (nSPS) is 14.3. The van der Waals surface area contributed by atoms with E-state index < -0.39 is 17.1 Å². The molecule has 2 heterocycles. The van der Waals surface area contributed by atoms with E-state index in [0.29, 0.717) is 29.4 Å². The van der Waals surface area contributed by atoms with E-state index in [-0.39, 0.29) is 17.4 Å². The number of furan rings is 1. The molecule has 0 aliphatic carbocycles. The summed E-state index contributed by atoms with van der Waals surface area (Å²) < 4.78 is 11.1. The molecule has 0 radical (unpaired) electrons. The number of esters is 1. The predicted octanol–water partition coefficient (Wildman–Crippen LogP) is 6.50. The van der Waals surface area contributed by atoms with Crippen LogP contribution in [0.3, 0.4) is 0 Å². The van der Waals surface area contributed by atoms with Gasteiger partial charge in [0.15, 0.2) is 0 Å². The molecule has 0 atom stereocenters. The number of ether oxygens (including phenoxy) is 1. The van der Waals surface area contributed by atoms with Gasteiger partial charge in [0.2, 0.25) is 5.91 Å². The molecule has 0 unspecified atom stereocenters. The van der Waals surface area contributed by atoms with E-state index in [9.17, 15) is 19.2 Å². The second kappa shape index (κ2) is 12.2. The van der Waals surface area contributed by atoms with Crippen LogP contribution in [0.25, 0.3) is 17.4 Å². The summed E-state index contributed by atoms with van der Waals surface area (Å²) in [5, 5.41) is 2.30. The predicted molar refractivity (Wildman–Crippen MR) is 151 cm³/mol. The number of amides is 3. The number of imide groups is 1. The smallest absolute Gasteiger partial charge is 0.338 e. The number of carbonyl (C=O) groups excluding carboxylic acids is 4. The Balaban J connectivity index is 1.40. The number of thioether (sulfide) groups is 1. The average molecular weight is 547 g/mol. The van der Waals surface area contributed by atoms with Crippen LogP contribution in [0.2, 0.25) is 0 Å². The first-order chi connectivity index (χ1) is 18.7. The second-order valence-corrected chi connectivity index (χ2v) is 10.4. The van der Waals surface area contributed by atoms with Crippen LogP contribution < -0.4 is 5.32 Å². The second-order valence-electron chi connectivity index (χ2n) is 9.36. The van der Waals surface area contributed by atoms with Gasteiger partial charge in [-0.25, -0.2) is 4.79 Å². The Morgan fingerprint density at radius 1 is 1.03 bits per heavy atom. The van der Waals surface area contributed by atoms with E-state index in [1.54, 1.807) is 36.4 Å². The van der Waals surface area contributed by atoms with Crippen LogP contribution in [0, 0.1) is 20.8 Å². The van der Waals surface area contributed by atoms with E-state index in [2.05, 4.69) is 5.32 Å². The van der Waals surface area contributed by atoms with Gasteiger partial charge in [0.05, 0.1) is 17.1 Å². The van der Waals surface area contributed by atoms with Crippen LogP contribution in [0.1, 0.15) is 52.6 Å². The molecule has 3 aromatic rings. The average Bonchev–Trinajstić information content (AvgIpc) is 3.46. The molecule has 0 bridgehead atoms. The van der Waals surface area contributed by atoms with Gasteiger partial charge in [0.1, 0.15) is 18.1 Å². The van der Waals surface area contributed by atoms with Gasteiger partial charge in [-0.15, -0.1) is 0 Å². The molecule has 2 aromatic carbocycles. The summed E-state index contributed by atoms with van der Waals surface area (Å²) in [7, 11) is 0. The number of nitrogens with zero attached hydrogens (tertiary/aromatic N) is 1. The van der Waals surface area contributed by atoms with Crippen molar-refractivity contribution in [2.75, 3.05) is 18.5 Å². The van der Waals surface area contributed by atoms with E-state index >= 15 is 0 Å². The molecule has 1 fully saturated rings. The number of anilines is 1. The van der Waals surface area contributed by atoms with Gasteiger partial charge in [-0.3, -0.25) is 19.3 Å². The van der Waals surface area contributed by atoms with Crippen molar-refractivity contribution >= 4 is 46.5 Å². The molecular weight excluding hydrogens is 516 g/mol. The maximum absolute atomic E-state index is 12.9. The van der Waals surface area contributed by atoms with Crippen molar-refractivity contribution in [1.82, 2.24) is 4.90 Å². The molecule has 4 rings (SSSR count). The topological polar surface area (TPSA) is 106 Å². The van der Waals surface area contributed by atoms with Gasteiger partial charge in [-0.1, -0.05) is 43.2 Å². The zero-order valence-electron chi connectivity index (χ0n) is 22.3. The lowest BCUT2D eigenvalue weighted by atomic mass is 10.1. The van der Waals surface area contributed by atoms with Crippen molar-refractivity contribution in [3.63, 3.8) is 0 Å². The molecule has 3 amide bonds. The molecule has 0 spiro atoms. The fourth-order valence-electron chi connectivity index (χ4n) is 4.21. The highest BCUT2D eigenvalue weighted by Gasteiger charge is 2.36. The van der Waals surface area contributed by atoms with Crippen molar-refractivity contribution < 1.29 is 28.3 Å². The van der Waals surface area contributed by atoms with Crippen molar-refractivity contribution in [2.24, 2.45) is 0 Å². The number of benzene rings is 2. The Kier molecular flexibility index (Phi) is 8.71. The minimum absolute atomic E-state index is 0.168. The Hall–Kier alpha value is -4.11. The maximum Gasteiger partial charge on any atom is 0.338 e. The summed E-state index contributed by atoms with van der Waals surface area (Å²) in [5.41, 5.74) is 4.77. The van der Waals surface area contributed by atoms with E-state index in [1.807, 2.05) is 39.8 Å². The Morgan fingerprint density at radius 3 is 2.38 bits per heavy atom. The molecule has 39 heavy (non-hydrogen) atoms. The van der Waals surface area contributed by atoms with Gasteiger partial charge < -0.3 is 14.5 Å². The molecule has 1 N–H and O–H groups in total. The largest absolute Gasteiger partial charge is 0.462 e. The monoisotopic (exact) mass is 546 g/mol. The SMILES string of the molecule is CCCCOC(=O)c1ccc(-c2ccc(/C=C3/SC(=O)N(CC(=O)Nc4c(C)cc(C)cc4C)C3=O)o2)cc1. The summed E-state index contributed by atoms with van der Waals surface area (Å²) in [6.07, 6.45) is 3.25. The first-order valence-corrected chi connectivity index (χ1v) is 13.5. The lowest BCUT2D eigenvalue weighted by Gasteiger charge is -2.15. The van der Waals surface area contributed by atoms with Crippen molar-refractivity contribution in [3.8, 4) is 11.3 Å². The van der Waals surface area contributed by atoms with Gasteiger partial charge >= 0.3 is 5.97 Å². The minimum atomic E-state index is -0.554. The summed E-state index contributed by atoms with van der Waals surface area (Å²) in [6.45, 7) is 7.80. The molecule has 9 heteroatoms. The van der Waals surface area contributed by atoms with E-state index in [4.69, 9.17) is 9.15 Å². The number of rotatable bonds is 9. The molecule has 8 nitrogen and oxygen atoms in total. The number of hydrogen-bond donors (Lipinski definition) is 1. The quantitative estimate of drug-likeness (QED) is 0.185. The number of hydrogen-bond acceptors (Lipinski definition) is 7. The fraction of sp³-hybridized carbons (Fsp3) is 0.267. The third-order valence-electron chi connectivity index (χ3n) is 6.15. The Bertz CT molecular complexity index is 1430. The molecule has 1 aliphatic heterocycles. The standard InChI is InChI=1S/C30H30N2O6S/c1-5-6-13-37-29(35)22-9-7-21(8-10-22)24-12-11-23(38-24)16-25-28(34)32(30(36)39-25)17-26(33)31-27-19(3)14-18(2)15-20(27)4/h7-12,14-16H,5-6,13,17H2,1-4H3,(H,31,33)/b25-16+. The van der Waals surface area contributed by atoms with Gasteiger partial charge in [0, 0.05) is 17.3 Å². The Morgan fingerprint density at radius 2 is 1.72 bits per heavy atom. The summed E-state index contributed by atoms with van der Waals surface area (Å²) in [4.78, 5) is 51.3. The van der Waals surface area contributed by atoms with Crippen LogP contribution in [-0.4, -0.2) is 41.1 Å². The lowest BCUT2D eigenvalue weighted by molar-refractivity contribution is -0.127.